The Morgan fingerprint density at radius 3 is 2.30 bits per heavy atom. The molecule has 112 valence electrons. The van der Waals surface area contributed by atoms with Gasteiger partial charge in [-0.25, -0.2) is 0 Å². The maximum absolute atomic E-state index is 3.70. The molecule has 1 nitrogen and oxygen atoms in total. The van der Waals surface area contributed by atoms with Crippen molar-refractivity contribution in [1.82, 2.24) is 5.32 Å². The maximum atomic E-state index is 3.70. The van der Waals surface area contributed by atoms with Crippen molar-refractivity contribution in [1.29, 1.82) is 0 Å². The first-order valence-electron chi connectivity index (χ1n) is 7.94. The molecule has 0 saturated heterocycles. The summed E-state index contributed by atoms with van der Waals surface area (Å²) < 4.78 is 1.17. The number of benzene rings is 1. The van der Waals surface area contributed by atoms with Gasteiger partial charge in [0, 0.05) is 16.6 Å². The second-order valence-electron chi connectivity index (χ2n) is 7.27. The predicted octanol–water partition coefficient (Wildman–Crippen LogP) is 5.50. The Morgan fingerprint density at radius 1 is 1.15 bits per heavy atom. The summed E-state index contributed by atoms with van der Waals surface area (Å²) in [6.07, 6.45) is 7.07. The van der Waals surface area contributed by atoms with Gasteiger partial charge in [0.1, 0.15) is 0 Å². The molecule has 1 unspecified atom stereocenters. The van der Waals surface area contributed by atoms with Crippen LogP contribution in [-0.2, 0) is 0 Å². The van der Waals surface area contributed by atoms with Gasteiger partial charge in [0.2, 0.25) is 0 Å². The monoisotopic (exact) mass is 337 g/mol. The molecule has 0 bridgehead atoms. The molecule has 0 spiro atoms. The van der Waals surface area contributed by atoms with Gasteiger partial charge in [-0.1, -0.05) is 53.7 Å². The van der Waals surface area contributed by atoms with Crippen LogP contribution >= 0.6 is 15.9 Å². The van der Waals surface area contributed by atoms with E-state index in [-0.39, 0.29) is 5.54 Å². The zero-order chi connectivity index (χ0) is 14.6. The van der Waals surface area contributed by atoms with Crippen molar-refractivity contribution in [3.05, 3.63) is 34.3 Å². The van der Waals surface area contributed by atoms with Crippen molar-refractivity contribution in [3.8, 4) is 0 Å². The van der Waals surface area contributed by atoms with E-state index in [4.69, 9.17) is 0 Å². The largest absolute Gasteiger partial charge is 0.311 e. The summed E-state index contributed by atoms with van der Waals surface area (Å²) >= 11 is 3.54. The van der Waals surface area contributed by atoms with E-state index in [0.717, 1.165) is 12.5 Å². The van der Waals surface area contributed by atoms with Crippen LogP contribution in [0, 0.1) is 5.92 Å². The fourth-order valence-electron chi connectivity index (χ4n) is 3.15. The van der Waals surface area contributed by atoms with E-state index in [1.807, 2.05) is 0 Å². The number of nitrogens with one attached hydrogen (secondary N) is 1. The van der Waals surface area contributed by atoms with E-state index in [0.29, 0.717) is 5.92 Å². The lowest BCUT2D eigenvalue weighted by Crippen LogP contribution is -2.38. The Labute approximate surface area is 132 Å². The number of hydrogen-bond acceptors (Lipinski definition) is 1. The van der Waals surface area contributed by atoms with E-state index >= 15 is 0 Å². The second kappa shape index (κ2) is 7.09. The van der Waals surface area contributed by atoms with E-state index in [2.05, 4.69) is 66.3 Å². The van der Waals surface area contributed by atoms with Gasteiger partial charge in [0.05, 0.1) is 0 Å². The molecule has 1 N–H and O–H groups in total. The smallest absolute Gasteiger partial charge is 0.0175 e. The Kier molecular flexibility index (Phi) is 5.68. The molecule has 1 atom stereocenters. The summed E-state index contributed by atoms with van der Waals surface area (Å²) in [4.78, 5) is 0. The fraction of sp³-hybridized carbons (Fsp3) is 0.667. The Balaban J connectivity index is 2.03. The summed E-state index contributed by atoms with van der Waals surface area (Å²) in [5.74, 6) is 1.58. The molecule has 1 aliphatic carbocycles. The SMILES string of the molecule is CC(C)(C)NCC(CC1CCCC1)c1ccc(Br)cc1. The van der Waals surface area contributed by atoms with Crippen molar-refractivity contribution in [2.45, 2.75) is 64.3 Å². The van der Waals surface area contributed by atoms with Crippen LogP contribution in [0.5, 0.6) is 0 Å². The summed E-state index contributed by atoms with van der Waals surface area (Å²) in [6, 6.07) is 8.92. The molecule has 1 saturated carbocycles. The molecule has 0 radical (unpaired) electrons. The highest BCUT2D eigenvalue weighted by Crippen LogP contribution is 2.34. The molecule has 0 amide bonds. The van der Waals surface area contributed by atoms with E-state index in [1.54, 1.807) is 0 Å². The minimum Gasteiger partial charge on any atom is -0.311 e. The minimum absolute atomic E-state index is 0.198. The summed E-state index contributed by atoms with van der Waals surface area (Å²) in [5, 5.41) is 3.70. The molecule has 2 rings (SSSR count). The van der Waals surface area contributed by atoms with Gasteiger partial charge in [-0.3, -0.25) is 0 Å². The Bertz CT molecular complexity index is 398. The number of halogens is 1. The van der Waals surface area contributed by atoms with Crippen LogP contribution in [0.25, 0.3) is 0 Å². The van der Waals surface area contributed by atoms with Crippen LogP contribution in [-0.4, -0.2) is 12.1 Å². The molecule has 20 heavy (non-hydrogen) atoms. The van der Waals surface area contributed by atoms with Crippen LogP contribution in [0.3, 0.4) is 0 Å². The highest BCUT2D eigenvalue weighted by atomic mass is 79.9. The summed E-state index contributed by atoms with van der Waals surface area (Å²) in [7, 11) is 0. The van der Waals surface area contributed by atoms with Gasteiger partial charge in [-0.05, 0) is 56.7 Å². The molecule has 1 aromatic rings. The van der Waals surface area contributed by atoms with Gasteiger partial charge in [0.15, 0.2) is 0 Å². The van der Waals surface area contributed by atoms with Crippen LogP contribution in [0.15, 0.2) is 28.7 Å². The standard InChI is InChI=1S/C18H28BrN/c1-18(2,3)20-13-16(12-14-6-4-5-7-14)15-8-10-17(19)11-9-15/h8-11,14,16,20H,4-7,12-13H2,1-3H3. The fourth-order valence-corrected chi connectivity index (χ4v) is 3.41. The van der Waals surface area contributed by atoms with Crippen molar-refractivity contribution in [2.75, 3.05) is 6.54 Å². The lowest BCUT2D eigenvalue weighted by molar-refractivity contribution is 0.368. The molecule has 0 aromatic heterocycles. The molecular formula is C18H28BrN. The number of rotatable bonds is 5. The van der Waals surface area contributed by atoms with Gasteiger partial charge in [-0.15, -0.1) is 0 Å². The second-order valence-corrected chi connectivity index (χ2v) is 8.18. The van der Waals surface area contributed by atoms with Gasteiger partial charge < -0.3 is 5.32 Å². The highest BCUT2D eigenvalue weighted by Gasteiger charge is 2.22. The third kappa shape index (κ3) is 5.21. The van der Waals surface area contributed by atoms with Crippen LogP contribution in [0.1, 0.15) is 64.4 Å². The van der Waals surface area contributed by atoms with Crippen molar-refractivity contribution in [2.24, 2.45) is 5.92 Å². The summed E-state index contributed by atoms with van der Waals surface area (Å²) in [6.45, 7) is 7.84. The normalized spacial score (nSPS) is 18.4. The molecule has 1 aromatic carbocycles. The minimum atomic E-state index is 0.198. The van der Waals surface area contributed by atoms with E-state index in [9.17, 15) is 0 Å². The lowest BCUT2D eigenvalue weighted by atomic mass is 9.87. The first kappa shape index (κ1) is 16.0. The Hall–Kier alpha value is -0.340. The molecule has 1 fully saturated rings. The van der Waals surface area contributed by atoms with Crippen LogP contribution < -0.4 is 5.32 Å². The van der Waals surface area contributed by atoms with E-state index in [1.165, 1.54) is 42.1 Å². The van der Waals surface area contributed by atoms with Gasteiger partial charge >= 0.3 is 0 Å². The first-order chi connectivity index (χ1) is 9.44. The molecule has 0 aliphatic heterocycles. The van der Waals surface area contributed by atoms with E-state index < -0.39 is 0 Å². The zero-order valence-corrected chi connectivity index (χ0v) is 14.7. The van der Waals surface area contributed by atoms with Gasteiger partial charge in [-0.2, -0.15) is 0 Å². The zero-order valence-electron chi connectivity index (χ0n) is 13.1. The number of hydrogen-bond donors (Lipinski definition) is 1. The average molecular weight is 338 g/mol. The molecule has 2 heteroatoms. The topological polar surface area (TPSA) is 12.0 Å². The van der Waals surface area contributed by atoms with Crippen LogP contribution in [0.4, 0.5) is 0 Å². The molecule has 1 aliphatic rings. The molecule has 0 heterocycles. The van der Waals surface area contributed by atoms with Crippen molar-refractivity contribution in [3.63, 3.8) is 0 Å². The maximum Gasteiger partial charge on any atom is 0.0175 e. The average Bonchev–Trinajstić information content (AvgIpc) is 2.87. The highest BCUT2D eigenvalue weighted by molar-refractivity contribution is 9.10. The first-order valence-corrected chi connectivity index (χ1v) is 8.74. The van der Waals surface area contributed by atoms with Gasteiger partial charge in [0.25, 0.3) is 0 Å². The van der Waals surface area contributed by atoms with Crippen LogP contribution in [0.2, 0.25) is 0 Å². The lowest BCUT2D eigenvalue weighted by Gasteiger charge is -2.27. The quantitative estimate of drug-likeness (QED) is 0.747. The third-order valence-electron chi connectivity index (χ3n) is 4.31. The summed E-state index contributed by atoms with van der Waals surface area (Å²) in [5.41, 5.74) is 1.68. The van der Waals surface area contributed by atoms with Crippen molar-refractivity contribution < 1.29 is 0 Å². The molecular weight excluding hydrogens is 310 g/mol. The Morgan fingerprint density at radius 2 is 1.75 bits per heavy atom. The predicted molar refractivity (Wildman–Crippen MR) is 91.2 cm³/mol. The third-order valence-corrected chi connectivity index (χ3v) is 4.84. The van der Waals surface area contributed by atoms with Crippen molar-refractivity contribution >= 4 is 15.9 Å².